The Morgan fingerprint density at radius 2 is 1.78 bits per heavy atom. The molecule has 164 valence electrons. The lowest BCUT2D eigenvalue weighted by molar-refractivity contribution is 0.311. The van der Waals surface area contributed by atoms with Crippen LogP contribution in [-0.4, -0.2) is 45.3 Å². The van der Waals surface area contributed by atoms with Crippen molar-refractivity contribution >= 4 is 16.6 Å². The van der Waals surface area contributed by atoms with E-state index in [1.165, 1.54) is 15.8 Å². The number of nitrogens with zero attached hydrogens (tertiary/aromatic N) is 5. The van der Waals surface area contributed by atoms with Crippen molar-refractivity contribution < 1.29 is 0 Å². The number of hydrogen-bond acceptors (Lipinski definition) is 6. The molecule has 7 heteroatoms. The Balaban J connectivity index is 1.54. The van der Waals surface area contributed by atoms with Crippen LogP contribution in [-0.2, 0) is 6.54 Å². The average Bonchev–Trinajstić information content (AvgIpc) is 2.77. The molecule has 0 saturated carbocycles. The van der Waals surface area contributed by atoms with Crippen LogP contribution in [0.2, 0.25) is 0 Å². The lowest BCUT2D eigenvalue weighted by Gasteiger charge is -2.25. The highest BCUT2D eigenvalue weighted by atomic mass is 16.1. The summed E-state index contributed by atoms with van der Waals surface area (Å²) >= 11 is 0. The van der Waals surface area contributed by atoms with E-state index in [0.29, 0.717) is 17.8 Å². The molecule has 7 nitrogen and oxygen atoms in total. The minimum absolute atomic E-state index is 0.124. The fourth-order valence-electron chi connectivity index (χ4n) is 3.78. The van der Waals surface area contributed by atoms with Crippen molar-refractivity contribution in [3.8, 4) is 0 Å². The molecule has 0 fully saturated rings. The number of hydrogen-bond donors (Lipinski definition) is 1. The Morgan fingerprint density at radius 1 is 1.03 bits per heavy atom. The molecule has 0 unspecified atom stereocenters. The van der Waals surface area contributed by atoms with Gasteiger partial charge in [0.2, 0.25) is 0 Å². The molecule has 0 amide bonds. The third-order valence-electron chi connectivity index (χ3n) is 5.53. The van der Waals surface area contributed by atoms with Gasteiger partial charge in [-0.2, -0.15) is 5.10 Å². The van der Waals surface area contributed by atoms with Gasteiger partial charge in [-0.25, -0.2) is 14.6 Å². The number of anilines is 1. The van der Waals surface area contributed by atoms with E-state index in [-0.39, 0.29) is 18.1 Å². The highest BCUT2D eigenvalue weighted by molar-refractivity contribution is 5.80. The molecule has 2 aromatic heterocycles. The van der Waals surface area contributed by atoms with E-state index in [9.17, 15) is 4.79 Å². The minimum atomic E-state index is -0.124. The summed E-state index contributed by atoms with van der Waals surface area (Å²) < 4.78 is 1.45. The molecule has 2 heterocycles. The first kappa shape index (κ1) is 21.6. The van der Waals surface area contributed by atoms with E-state index in [1.807, 2.05) is 37.3 Å². The molecule has 1 N–H and O–H groups in total. The summed E-state index contributed by atoms with van der Waals surface area (Å²) in [6.07, 6.45) is 1.72. The highest BCUT2D eigenvalue weighted by Gasteiger charge is 2.15. The lowest BCUT2D eigenvalue weighted by atomic mass is 10.0. The second-order valence-electron chi connectivity index (χ2n) is 8.26. The standard InChI is InChI=1S/C25H28N6O/c1-17-9-11-19(12-10-17)23(30(3)4)15-26-24-13-21(28-18(2)29-24)16-31-25(32)22-8-6-5-7-20(22)14-27-31/h5-14,23H,15-16H2,1-4H3,(H,26,28,29)/t23-/m0/s1. The summed E-state index contributed by atoms with van der Waals surface area (Å²) in [5.41, 5.74) is 3.10. The van der Waals surface area contributed by atoms with E-state index in [1.54, 1.807) is 6.20 Å². The zero-order valence-corrected chi connectivity index (χ0v) is 18.9. The van der Waals surface area contributed by atoms with Crippen LogP contribution in [0.25, 0.3) is 10.8 Å². The third-order valence-corrected chi connectivity index (χ3v) is 5.53. The maximum atomic E-state index is 12.8. The predicted molar refractivity (Wildman–Crippen MR) is 128 cm³/mol. The van der Waals surface area contributed by atoms with Gasteiger partial charge in [0.05, 0.1) is 29.9 Å². The second kappa shape index (κ2) is 9.28. The monoisotopic (exact) mass is 428 g/mol. The maximum absolute atomic E-state index is 12.8. The first-order valence-electron chi connectivity index (χ1n) is 10.7. The van der Waals surface area contributed by atoms with E-state index in [2.05, 4.69) is 70.6 Å². The Bertz CT molecular complexity index is 1280. The van der Waals surface area contributed by atoms with Crippen molar-refractivity contribution in [2.45, 2.75) is 26.4 Å². The zero-order chi connectivity index (χ0) is 22.7. The molecule has 0 spiro atoms. The largest absolute Gasteiger partial charge is 0.368 e. The van der Waals surface area contributed by atoms with Crippen LogP contribution in [0, 0.1) is 13.8 Å². The van der Waals surface area contributed by atoms with Crippen LogP contribution in [0.5, 0.6) is 0 Å². The van der Waals surface area contributed by atoms with Gasteiger partial charge < -0.3 is 10.2 Å². The van der Waals surface area contributed by atoms with Crippen LogP contribution in [0.15, 0.2) is 65.6 Å². The van der Waals surface area contributed by atoms with Crippen molar-refractivity contribution in [3.05, 3.63) is 93.8 Å². The first-order valence-corrected chi connectivity index (χ1v) is 10.7. The van der Waals surface area contributed by atoms with Gasteiger partial charge in [0, 0.05) is 18.0 Å². The zero-order valence-electron chi connectivity index (χ0n) is 18.9. The number of benzene rings is 2. The Labute approximate surface area is 187 Å². The van der Waals surface area contributed by atoms with Gasteiger partial charge in [-0.05, 0) is 39.6 Å². The van der Waals surface area contributed by atoms with Crippen molar-refractivity contribution in [2.24, 2.45) is 0 Å². The molecule has 32 heavy (non-hydrogen) atoms. The molecular weight excluding hydrogens is 400 g/mol. The van der Waals surface area contributed by atoms with Crippen molar-refractivity contribution in [3.63, 3.8) is 0 Å². The number of aromatic nitrogens is 4. The summed E-state index contributed by atoms with van der Waals surface area (Å²) in [6, 6.07) is 18.1. The van der Waals surface area contributed by atoms with Gasteiger partial charge in [-0.1, -0.05) is 48.0 Å². The SMILES string of the molecule is Cc1ccc([C@H](CNc2cc(Cn3ncc4ccccc4c3=O)nc(C)n2)N(C)C)cc1. The average molecular weight is 429 g/mol. The molecule has 0 aliphatic heterocycles. The van der Waals surface area contributed by atoms with Crippen LogP contribution in [0.4, 0.5) is 5.82 Å². The number of fused-ring (bicyclic) bond motifs is 1. The topological polar surface area (TPSA) is 75.9 Å². The third kappa shape index (κ3) is 4.84. The van der Waals surface area contributed by atoms with E-state index in [0.717, 1.165) is 16.9 Å². The van der Waals surface area contributed by atoms with Gasteiger partial charge >= 0.3 is 0 Å². The molecule has 4 aromatic rings. The molecular formula is C25H28N6O. The molecule has 4 rings (SSSR count). The predicted octanol–water partition coefficient (Wildman–Crippen LogP) is 3.57. The Hall–Kier alpha value is -3.58. The number of aryl methyl sites for hydroxylation is 2. The summed E-state index contributed by atoms with van der Waals surface area (Å²) in [5.74, 6) is 1.39. The molecule has 0 aliphatic carbocycles. The Morgan fingerprint density at radius 3 is 2.53 bits per heavy atom. The Kier molecular flexibility index (Phi) is 6.28. The summed E-state index contributed by atoms with van der Waals surface area (Å²) in [7, 11) is 4.14. The van der Waals surface area contributed by atoms with Gasteiger partial charge in [-0.15, -0.1) is 0 Å². The summed E-state index contributed by atoms with van der Waals surface area (Å²) in [4.78, 5) is 24.1. The quantitative estimate of drug-likeness (QED) is 0.485. The minimum Gasteiger partial charge on any atom is -0.368 e. The highest BCUT2D eigenvalue weighted by Crippen LogP contribution is 2.20. The maximum Gasteiger partial charge on any atom is 0.274 e. The second-order valence-corrected chi connectivity index (χ2v) is 8.26. The lowest BCUT2D eigenvalue weighted by Crippen LogP contribution is -2.27. The number of nitrogens with one attached hydrogen (secondary N) is 1. The first-order chi connectivity index (χ1) is 15.4. The van der Waals surface area contributed by atoms with Crippen LogP contribution >= 0.6 is 0 Å². The number of rotatable bonds is 7. The van der Waals surface area contributed by atoms with Gasteiger partial charge in [0.1, 0.15) is 11.6 Å². The van der Waals surface area contributed by atoms with E-state index < -0.39 is 0 Å². The molecule has 0 radical (unpaired) electrons. The molecule has 1 atom stereocenters. The van der Waals surface area contributed by atoms with Crippen LogP contribution < -0.4 is 10.9 Å². The smallest absolute Gasteiger partial charge is 0.274 e. The van der Waals surface area contributed by atoms with Crippen molar-refractivity contribution in [1.82, 2.24) is 24.6 Å². The van der Waals surface area contributed by atoms with Gasteiger partial charge in [0.15, 0.2) is 0 Å². The molecule has 2 aromatic carbocycles. The normalized spacial score (nSPS) is 12.3. The van der Waals surface area contributed by atoms with Gasteiger partial charge in [0.25, 0.3) is 5.56 Å². The van der Waals surface area contributed by atoms with Crippen LogP contribution in [0.3, 0.4) is 0 Å². The van der Waals surface area contributed by atoms with E-state index in [4.69, 9.17) is 0 Å². The van der Waals surface area contributed by atoms with E-state index >= 15 is 0 Å². The molecule has 0 saturated heterocycles. The van der Waals surface area contributed by atoms with Crippen molar-refractivity contribution in [1.29, 1.82) is 0 Å². The van der Waals surface area contributed by atoms with Crippen molar-refractivity contribution in [2.75, 3.05) is 26.0 Å². The fraction of sp³-hybridized carbons (Fsp3) is 0.280. The summed E-state index contributed by atoms with van der Waals surface area (Å²) in [6.45, 7) is 4.93. The summed E-state index contributed by atoms with van der Waals surface area (Å²) in [5, 5.41) is 9.26. The molecule has 0 aliphatic rings. The fourth-order valence-corrected chi connectivity index (χ4v) is 3.78. The van der Waals surface area contributed by atoms with Gasteiger partial charge in [-0.3, -0.25) is 4.79 Å². The molecule has 0 bridgehead atoms. The number of likely N-dealkylation sites (N-methyl/N-ethyl adjacent to an activating group) is 1. The van der Waals surface area contributed by atoms with Crippen LogP contribution in [0.1, 0.15) is 28.7 Å².